The van der Waals surface area contributed by atoms with Gasteiger partial charge in [-0.25, -0.2) is 0 Å². The van der Waals surface area contributed by atoms with Crippen molar-refractivity contribution >= 4 is 17.5 Å². The fourth-order valence-electron chi connectivity index (χ4n) is 4.02. The van der Waals surface area contributed by atoms with Gasteiger partial charge in [0.25, 0.3) is 0 Å². The van der Waals surface area contributed by atoms with Crippen LogP contribution in [0.25, 0.3) is 0 Å². The number of morpholine rings is 1. The van der Waals surface area contributed by atoms with Gasteiger partial charge < -0.3 is 20.1 Å². The number of carbonyl (C=O) groups is 2. The van der Waals surface area contributed by atoms with E-state index in [9.17, 15) is 9.59 Å². The Morgan fingerprint density at radius 3 is 2.81 bits per heavy atom. The maximum atomic E-state index is 12.2. The molecule has 0 spiro atoms. The lowest BCUT2D eigenvalue weighted by atomic mass is 10.0. The van der Waals surface area contributed by atoms with Gasteiger partial charge in [0.1, 0.15) is 5.75 Å². The Kier molecular flexibility index (Phi) is 7.74. The predicted molar refractivity (Wildman–Crippen MR) is 123 cm³/mol. The van der Waals surface area contributed by atoms with Gasteiger partial charge in [-0.05, 0) is 47.7 Å². The summed E-state index contributed by atoms with van der Waals surface area (Å²) < 4.78 is 11.2. The number of anilines is 1. The van der Waals surface area contributed by atoms with Gasteiger partial charge in [0, 0.05) is 44.7 Å². The van der Waals surface area contributed by atoms with Crippen LogP contribution in [-0.2, 0) is 33.8 Å². The van der Waals surface area contributed by atoms with E-state index in [4.69, 9.17) is 9.47 Å². The zero-order chi connectivity index (χ0) is 22.2. The summed E-state index contributed by atoms with van der Waals surface area (Å²) in [6, 6.07) is 14.1. The second-order valence-corrected chi connectivity index (χ2v) is 8.30. The van der Waals surface area contributed by atoms with Crippen molar-refractivity contribution in [3.8, 4) is 5.75 Å². The van der Waals surface area contributed by atoms with Crippen LogP contribution in [0.15, 0.2) is 42.5 Å². The van der Waals surface area contributed by atoms with Crippen LogP contribution in [-0.4, -0.2) is 49.6 Å². The molecule has 2 aliphatic heterocycles. The minimum Gasteiger partial charge on any atom is -0.494 e. The van der Waals surface area contributed by atoms with Crippen LogP contribution in [0.1, 0.15) is 36.0 Å². The number of nitrogens with one attached hydrogen (secondary N) is 2. The summed E-state index contributed by atoms with van der Waals surface area (Å²) in [5.41, 5.74) is 4.33. The van der Waals surface area contributed by atoms with Crippen LogP contribution in [0.5, 0.6) is 5.75 Å². The molecule has 170 valence electrons. The Morgan fingerprint density at radius 1 is 1.09 bits per heavy atom. The van der Waals surface area contributed by atoms with Crippen molar-refractivity contribution < 1.29 is 19.1 Å². The second-order valence-electron chi connectivity index (χ2n) is 8.30. The van der Waals surface area contributed by atoms with Crippen LogP contribution in [0.3, 0.4) is 0 Å². The van der Waals surface area contributed by atoms with E-state index in [1.165, 1.54) is 5.56 Å². The first-order valence-corrected chi connectivity index (χ1v) is 11.4. The first-order valence-electron chi connectivity index (χ1n) is 11.4. The van der Waals surface area contributed by atoms with E-state index >= 15 is 0 Å². The summed E-state index contributed by atoms with van der Waals surface area (Å²) in [6.07, 6.45) is 2.31. The number of amides is 2. The van der Waals surface area contributed by atoms with Gasteiger partial charge in [-0.3, -0.25) is 14.5 Å². The number of hydrogen-bond donors (Lipinski definition) is 2. The number of carbonyl (C=O) groups excluding carboxylic acids is 2. The van der Waals surface area contributed by atoms with Gasteiger partial charge in [0.15, 0.2) is 0 Å². The molecule has 4 rings (SSSR count). The maximum absolute atomic E-state index is 12.2. The number of ether oxygens (including phenoxy) is 2. The standard InChI is InChI=1S/C25H31N3O4/c29-24(5-2-12-32-22-7-8-23-21(16-22)6-9-25(30)27-23)26-17-19-3-1-4-20(15-19)18-28-10-13-31-14-11-28/h1,3-4,7-8,15-16H,2,5-6,9-14,17-18H2,(H,26,29)(H,27,30). The number of rotatable bonds is 9. The highest BCUT2D eigenvalue weighted by atomic mass is 16.5. The molecule has 0 unspecified atom stereocenters. The minimum absolute atomic E-state index is 0.0281. The summed E-state index contributed by atoms with van der Waals surface area (Å²) in [7, 11) is 0. The first kappa shape index (κ1) is 22.3. The predicted octanol–water partition coefficient (Wildman–Crippen LogP) is 2.88. The van der Waals surface area contributed by atoms with Crippen molar-refractivity contribution in [1.82, 2.24) is 10.2 Å². The Labute approximate surface area is 189 Å². The van der Waals surface area contributed by atoms with Gasteiger partial charge in [-0.1, -0.05) is 24.3 Å². The van der Waals surface area contributed by atoms with E-state index in [-0.39, 0.29) is 11.8 Å². The summed E-state index contributed by atoms with van der Waals surface area (Å²) >= 11 is 0. The molecule has 2 aromatic rings. The maximum Gasteiger partial charge on any atom is 0.224 e. The molecule has 1 fully saturated rings. The molecule has 32 heavy (non-hydrogen) atoms. The molecule has 7 heteroatoms. The topological polar surface area (TPSA) is 79.9 Å². The number of aryl methyl sites for hydroxylation is 1. The van der Waals surface area contributed by atoms with Gasteiger partial charge in [0.05, 0.1) is 19.8 Å². The van der Waals surface area contributed by atoms with Crippen molar-refractivity contribution in [3.05, 3.63) is 59.2 Å². The van der Waals surface area contributed by atoms with Gasteiger partial charge in [0.2, 0.25) is 11.8 Å². The van der Waals surface area contributed by atoms with E-state index in [2.05, 4.69) is 33.7 Å². The molecular weight excluding hydrogens is 406 g/mol. The summed E-state index contributed by atoms with van der Waals surface area (Å²) in [5.74, 6) is 0.860. The monoisotopic (exact) mass is 437 g/mol. The van der Waals surface area contributed by atoms with E-state index in [1.54, 1.807) is 0 Å². The lowest BCUT2D eigenvalue weighted by Crippen LogP contribution is -2.35. The molecule has 7 nitrogen and oxygen atoms in total. The van der Waals surface area contributed by atoms with Gasteiger partial charge in [-0.15, -0.1) is 0 Å². The van der Waals surface area contributed by atoms with E-state index in [0.29, 0.717) is 32.4 Å². The van der Waals surface area contributed by atoms with Crippen molar-refractivity contribution in [2.24, 2.45) is 0 Å². The Bertz CT molecular complexity index is 941. The average Bonchev–Trinajstić information content (AvgIpc) is 2.81. The lowest BCUT2D eigenvalue weighted by molar-refractivity contribution is -0.121. The summed E-state index contributed by atoms with van der Waals surface area (Å²) in [4.78, 5) is 26.1. The third kappa shape index (κ3) is 6.55. The lowest BCUT2D eigenvalue weighted by Gasteiger charge is -2.26. The fraction of sp³-hybridized carbons (Fsp3) is 0.440. The molecule has 0 radical (unpaired) electrons. The number of fused-ring (bicyclic) bond motifs is 1. The molecule has 2 aliphatic rings. The molecule has 0 aliphatic carbocycles. The number of nitrogens with zero attached hydrogens (tertiary/aromatic N) is 1. The first-order chi connectivity index (χ1) is 15.7. The van der Waals surface area contributed by atoms with Crippen LogP contribution < -0.4 is 15.4 Å². The molecule has 0 bridgehead atoms. The molecule has 0 saturated carbocycles. The summed E-state index contributed by atoms with van der Waals surface area (Å²) in [5, 5.41) is 5.87. The molecule has 0 aromatic heterocycles. The Hall–Kier alpha value is -2.90. The zero-order valence-electron chi connectivity index (χ0n) is 18.4. The molecular formula is C25H31N3O4. The van der Waals surface area contributed by atoms with Crippen molar-refractivity contribution in [3.63, 3.8) is 0 Å². The minimum atomic E-state index is 0.0281. The van der Waals surface area contributed by atoms with Crippen LogP contribution in [0.2, 0.25) is 0 Å². The zero-order valence-corrected chi connectivity index (χ0v) is 18.4. The van der Waals surface area contributed by atoms with Crippen molar-refractivity contribution in [1.29, 1.82) is 0 Å². The van der Waals surface area contributed by atoms with Crippen LogP contribution >= 0.6 is 0 Å². The van der Waals surface area contributed by atoms with E-state index in [0.717, 1.165) is 61.8 Å². The average molecular weight is 438 g/mol. The number of benzene rings is 2. The highest BCUT2D eigenvalue weighted by Crippen LogP contribution is 2.26. The Morgan fingerprint density at radius 2 is 1.94 bits per heavy atom. The Balaban J connectivity index is 1.15. The van der Waals surface area contributed by atoms with Crippen molar-refractivity contribution in [2.45, 2.75) is 38.8 Å². The smallest absolute Gasteiger partial charge is 0.224 e. The normalized spacial score (nSPS) is 16.2. The fourth-order valence-corrected chi connectivity index (χ4v) is 4.02. The van der Waals surface area contributed by atoms with Gasteiger partial charge >= 0.3 is 0 Å². The number of hydrogen-bond acceptors (Lipinski definition) is 5. The van der Waals surface area contributed by atoms with E-state index in [1.807, 2.05) is 24.3 Å². The third-order valence-electron chi connectivity index (χ3n) is 5.78. The highest BCUT2D eigenvalue weighted by Gasteiger charge is 2.15. The molecule has 1 saturated heterocycles. The van der Waals surface area contributed by atoms with Crippen LogP contribution in [0, 0.1) is 0 Å². The third-order valence-corrected chi connectivity index (χ3v) is 5.78. The van der Waals surface area contributed by atoms with Crippen LogP contribution in [0.4, 0.5) is 5.69 Å². The molecule has 2 N–H and O–H groups in total. The van der Waals surface area contributed by atoms with Crippen molar-refractivity contribution in [2.75, 3.05) is 38.2 Å². The molecule has 2 amide bonds. The highest BCUT2D eigenvalue weighted by molar-refractivity contribution is 5.94. The summed E-state index contributed by atoms with van der Waals surface area (Å²) in [6.45, 7) is 5.45. The van der Waals surface area contributed by atoms with Gasteiger partial charge in [-0.2, -0.15) is 0 Å². The molecule has 2 aromatic carbocycles. The molecule has 2 heterocycles. The largest absolute Gasteiger partial charge is 0.494 e. The van der Waals surface area contributed by atoms with E-state index < -0.39 is 0 Å². The SMILES string of the molecule is O=C(CCCOc1ccc2c(c1)CCC(=O)N2)NCc1cccc(CN2CCOCC2)c1. The molecule has 0 atom stereocenters. The quantitative estimate of drug-likeness (QED) is 0.590. The second kappa shape index (κ2) is 11.1.